The van der Waals surface area contributed by atoms with Crippen molar-refractivity contribution in [1.29, 1.82) is 5.26 Å². The molecular weight excluding hydrogens is 532 g/mol. The second-order valence-corrected chi connectivity index (χ2v) is 11.6. The fourth-order valence-electron chi connectivity index (χ4n) is 4.41. The van der Waals surface area contributed by atoms with Crippen LogP contribution in [0.2, 0.25) is 0 Å². The molecule has 0 bridgehead atoms. The van der Waals surface area contributed by atoms with Crippen LogP contribution < -0.4 is 10.6 Å². The number of benzene rings is 2. The van der Waals surface area contributed by atoms with E-state index < -0.39 is 11.2 Å². The zero-order valence-corrected chi connectivity index (χ0v) is 23.2. The first-order valence-electron chi connectivity index (χ1n) is 12.8. The summed E-state index contributed by atoms with van der Waals surface area (Å²) < 4.78 is 0. The van der Waals surface area contributed by atoms with Gasteiger partial charge in [-0.25, -0.2) is 0 Å². The summed E-state index contributed by atoms with van der Waals surface area (Å²) in [5.74, 6) is -1.58. The first-order valence-corrected chi connectivity index (χ1v) is 14.5. The van der Waals surface area contributed by atoms with E-state index in [-0.39, 0.29) is 24.7 Å². The van der Waals surface area contributed by atoms with Gasteiger partial charge in [0.2, 0.25) is 11.8 Å². The molecule has 8 nitrogen and oxygen atoms in total. The minimum Gasteiger partial charge on any atom is -0.481 e. The van der Waals surface area contributed by atoms with Gasteiger partial charge in [-0.3, -0.25) is 19.3 Å². The molecular formula is C29H30N4O4S2. The Kier molecular flexibility index (Phi) is 9.76. The van der Waals surface area contributed by atoms with Crippen LogP contribution >= 0.6 is 23.1 Å². The van der Waals surface area contributed by atoms with Crippen molar-refractivity contribution in [2.45, 2.75) is 55.8 Å². The third-order valence-corrected chi connectivity index (χ3v) is 8.85. The molecule has 1 aliphatic rings. The quantitative estimate of drug-likeness (QED) is 0.264. The van der Waals surface area contributed by atoms with Crippen molar-refractivity contribution in [2.24, 2.45) is 0 Å². The molecule has 3 N–H and O–H groups in total. The van der Waals surface area contributed by atoms with Gasteiger partial charge in [0.1, 0.15) is 11.1 Å². The van der Waals surface area contributed by atoms with Crippen molar-refractivity contribution in [3.8, 4) is 6.07 Å². The molecule has 1 aliphatic heterocycles. The number of nitrogens with one attached hydrogen (secondary N) is 2. The number of fused-ring (bicyclic) bond motifs is 1. The number of thiophene rings is 1. The average Bonchev–Trinajstić information content (AvgIpc) is 3.27. The number of amides is 2. The summed E-state index contributed by atoms with van der Waals surface area (Å²) in [7, 11) is 0. The maximum atomic E-state index is 13.3. The van der Waals surface area contributed by atoms with Crippen molar-refractivity contribution in [1.82, 2.24) is 4.90 Å². The normalized spacial score (nSPS) is 13.6. The fraction of sp³-hybridized carbons (Fsp3) is 0.310. The average molecular weight is 563 g/mol. The summed E-state index contributed by atoms with van der Waals surface area (Å²) >= 11 is 2.87. The van der Waals surface area contributed by atoms with E-state index in [2.05, 4.69) is 33.7 Å². The molecule has 0 fully saturated rings. The Hall–Kier alpha value is -3.65. The number of carboxylic acids is 1. The van der Waals surface area contributed by atoms with Gasteiger partial charge in [-0.15, -0.1) is 23.1 Å². The maximum Gasteiger partial charge on any atom is 0.303 e. The van der Waals surface area contributed by atoms with E-state index in [1.807, 2.05) is 31.2 Å². The maximum absolute atomic E-state index is 13.3. The Labute approximate surface area is 236 Å². The molecule has 10 heteroatoms. The number of nitrogens with zero attached hydrogens (tertiary/aromatic N) is 2. The summed E-state index contributed by atoms with van der Waals surface area (Å²) in [6.45, 7) is 4.38. The number of rotatable bonds is 11. The summed E-state index contributed by atoms with van der Waals surface area (Å²) in [6, 6.07) is 19.8. The Bertz CT molecular complexity index is 1380. The van der Waals surface area contributed by atoms with Crippen LogP contribution in [0.3, 0.4) is 0 Å². The van der Waals surface area contributed by atoms with Gasteiger partial charge < -0.3 is 15.7 Å². The van der Waals surface area contributed by atoms with E-state index in [0.29, 0.717) is 22.7 Å². The van der Waals surface area contributed by atoms with E-state index in [1.54, 1.807) is 18.2 Å². The van der Waals surface area contributed by atoms with E-state index in [4.69, 9.17) is 5.11 Å². The van der Waals surface area contributed by atoms with Crippen molar-refractivity contribution in [3.63, 3.8) is 0 Å². The third kappa shape index (κ3) is 7.69. The summed E-state index contributed by atoms with van der Waals surface area (Å²) in [5.41, 5.74) is 3.39. The molecule has 2 amide bonds. The molecule has 39 heavy (non-hydrogen) atoms. The van der Waals surface area contributed by atoms with Crippen LogP contribution in [-0.2, 0) is 33.9 Å². The van der Waals surface area contributed by atoms with Gasteiger partial charge in [-0.1, -0.05) is 43.3 Å². The van der Waals surface area contributed by atoms with Gasteiger partial charge in [0, 0.05) is 41.5 Å². The largest absolute Gasteiger partial charge is 0.481 e. The second kappa shape index (κ2) is 13.4. The van der Waals surface area contributed by atoms with E-state index in [1.165, 1.54) is 28.7 Å². The number of anilines is 2. The van der Waals surface area contributed by atoms with Crippen molar-refractivity contribution in [3.05, 3.63) is 76.2 Å². The summed E-state index contributed by atoms with van der Waals surface area (Å²) in [4.78, 5) is 40.3. The molecule has 0 saturated heterocycles. The van der Waals surface area contributed by atoms with E-state index in [0.717, 1.165) is 41.4 Å². The topological polar surface area (TPSA) is 123 Å². The van der Waals surface area contributed by atoms with Gasteiger partial charge >= 0.3 is 5.97 Å². The van der Waals surface area contributed by atoms with Crippen LogP contribution in [0.5, 0.6) is 0 Å². The summed E-state index contributed by atoms with van der Waals surface area (Å²) in [5, 5.41) is 24.6. The number of carbonyl (C=O) groups is 3. The highest BCUT2D eigenvalue weighted by atomic mass is 32.2. The minimum absolute atomic E-state index is 0.108. The Morgan fingerprint density at radius 3 is 2.64 bits per heavy atom. The predicted octanol–water partition coefficient (Wildman–Crippen LogP) is 5.49. The first kappa shape index (κ1) is 28.4. The van der Waals surface area contributed by atoms with Gasteiger partial charge in [-0.2, -0.15) is 5.26 Å². The third-order valence-electron chi connectivity index (χ3n) is 6.36. The van der Waals surface area contributed by atoms with Crippen LogP contribution in [0.4, 0.5) is 10.7 Å². The Morgan fingerprint density at radius 1 is 1.13 bits per heavy atom. The molecule has 2 heterocycles. The molecule has 1 aromatic heterocycles. The zero-order valence-electron chi connectivity index (χ0n) is 21.6. The predicted molar refractivity (Wildman–Crippen MR) is 154 cm³/mol. The number of hydrogen-bond donors (Lipinski definition) is 3. The van der Waals surface area contributed by atoms with Gasteiger partial charge in [-0.05, 0) is 42.2 Å². The van der Waals surface area contributed by atoms with Crippen molar-refractivity contribution < 1.29 is 19.5 Å². The van der Waals surface area contributed by atoms with Crippen molar-refractivity contribution in [2.75, 3.05) is 17.2 Å². The van der Waals surface area contributed by atoms with Gasteiger partial charge in [0.25, 0.3) is 0 Å². The first-order chi connectivity index (χ1) is 18.9. The van der Waals surface area contributed by atoms with Crippen LogP contribution in [0, 0.1) is 11.3 Å². The SMILES string of the molecule is CCC(Sc1cccc(NC(=O)CCC(=O)O)c1)C(=O)Nc1sc2c(c1C#N)CCN(Cc1ccccc1)C2. The molecule has 0 spiro atoms. The highest BCUT2D eigenvalue weighted by Gasteiger charge is 2.27. The lowest BCUT2D eigenvalue weighted by molar-refractivity contribution is -0.138. The highest BCUT2D eigenvalue weighted by Crippen LogP contribution is 2.38. The lowest BCUT2D eigenvalue weighted by Crippen LogP contribution is -2.29. The molecule has 1 atom stereocenters. The number of hydrogen-bond acceptors (Lipinski definition) is 7. The Morgan fingerprint density at radius 2 is 1.92 bits per heavy atom. The standard InChI is InChI=1S/C29H30N4O4S2/c1-2-24(38-21-10-6-9-20(15-21)31-26(34)11-12-27(35)36)28(37)32-29-23(16-30)22-13-14-33(18-25(22)39-29)17-19-7-4-3-5-8-19/h3-10,15,24H,2,11-14,17-18H2,1H3,(H,31,34)(H,32,37)(H,35,36). The van der Waals surface area contributed by atoms with E-state index in [9.17, 15) is 19.6 Å². The smallest absolute Gasteiger partial charge is 0.303 e. The number of aliphatic carboxylic acids is 1. The summed E-state index contributed by atoms with van der Waals surface area (Å²) in [6.07, 6.45) is 1.00. The molecule has 0 aliphatic carbocycles. The number of thioether (sulfide) groups is 1. The van der Waals surface area contributed by atoms with Crippen LogP contribution in [0.1, 0.15) is 47.8 Å². The van der Waals surface area contributed by atoms with Crippen LogP contribution in [0.25, 0.3) is 0 Å². The number of carboxylic acid groups (broad SMARTS) is 1. The monoisotopic (exact) mass is 562 g/mol. The number of carbonyl (C=O) groups excluding carboxylic acids is 2. The molecule has 0 radical (unpaired) electrons. The minimum atomic E-state index is -1.03. The van der Waals surface area contributed by atoms with Gasteiger partial charge in [0.05, 0.1) is 17.2 Å². The fourth-order valence-corrected chi connectivity index (χ4v) is 6.67. The van der Waals surface area contributed by atoms with Gasteiger partial charge in [0.15, 0.2) is 0 Å². The second-order valence-electron chi connectivity index (χ2n) is 9.24. The van der Waals surface area contributed by atoms with Crippen LogP contribution in [-0.4, -0.2) is 39.6 Å². The lowest BCUT2D eigenvalue weighted by atomic mass is 10.0. The van der Waals surface area contributed by atoms with E-state index >= 15 is 0 Å². The lowest BCUT2D eigenvalue weighted by Gasteiger charge is -2.26. The molecule has 3 aromatic rings. The van der Waals surface area contributed by atoms with Crippen LogP contribution in [0.15, 0.2) is 59.5 Å². The molecule has 0 saturated carbocycles. The molecule has 4 rings (SSSR count). The zero-order chi connectivity index (χ0) is 27.8. The Balaban J connectivity index is 1.40. The number of nitriles is 1. The molecule has 202 valence electrons. The molecule has 2 aromatic carbocycles. The molecule has 1 unspecified atom stereocenters. The highest BCUT2D eigenvalue weighted by molar-refractivity contribution is 8.00. The van der Waals surface area contributed by atoms with Crippen molar-refractivity contribution >= 4 is 51.6 Å².